The highest BCUT2D eigenvalue weighted by molar-refractivity contribution is 5.97. The van der Waals surface area contributed by atoms with Gasteiger partial charge in [-0.25, -0.2) is 4.39 Å². The molecule has 5 aromatic rings. The number of benzene rings is 4. The lowest BCUT2D eigenvalue weighted by Crippen LogP contribution is -2.35. The van der Waals surface area contributed by atoms with Gasteiger partial charge in [-0.15, -0.1) is 10.2 Å². The van der Waals surface area contributed by atoms with Gasteiger partial charge in [-0.3, -0.25) is 4.79 Å². The van der Waals surface area contributed by atoms with E-state index in [2.05, 4.69) is 16.3 Å². The summed E-state index contributed by atoms with van der Waals surface area (Å²) in [4.78, 5) is 15.9. The van der Waals surface area contributed by atoms with Gasteiger partial charge in [-0.05, 0) is 84.8 Å². The molecule has 1 fully saturated rings. The van der Waals surface area contributed by atoms with Crippen LogP contribution in [-0.2, 0) is 12.0 Å². The van der Waals surface area contributed by atoms with Crippen molar-refractivity contribution in [1.29, 1.82) is 5.26 Å². The molecule has 0 radical (unpaired) electrons. The smallest absolute Gasteiger partial charge is 0.254 e. The molecule has 1 saturated heterocycles. The first kappa shape index (κ1) is 28.0. The third-order valence-corrected chi connectivity index (χ3v) is 7.88. The van der Waals surface area contributed by atoms with Crippen LogP contribution in [0.15, 0.2) is 101 Å². The van der Waals surface area contributed by atoms with E-state index >= 15 is 0 Å². The zero-order valence-corrected chi connectivity index (χ0v) is 23.7. The summed E-state index contributed by atoms with van der Waals surface area (Å²) in [6, 6.07) is 30.8. The Labute approximate surface area is 249 Å². The molecule has 1 aliphatic heterocycles. The summed E-state index contributed by atoms with van der Waals surface area (Å²) >= 11 is 0. The Morgan fingerprint density at radius 1 is 1.02 bits per heavy atom. The first-order valence-electron chi connectivity index (χ1n) is 14.2. The van der Waals surface area contributed by atoms with Gasteiger partial charge in [0.2, 0.25) is 11.8 Å². The van der Waals surface area contributed by atoms with E-state index in [1.165, 1.54) is 12.1 Å². The molecule has 1 aliphatic rings. The molecular weight excluding hydrogens is 541 g/mol. The van der Waals surface area contributed by atoms with E-state index in [1.54, 1.807) is 36.4 Å². The standard InChI is InChI=1S/C35H30FN5O2/c1-35(38,21-23-8-3-2-4-9-23)34-40-39-32(43-34)27-18-26(30-11-6-5-10-25(30)22-37)19-28(20-27)33(42)41-17-7-12-31(41)24-13-15-29(36)16-14-24/h2-6,8-11,13-16,18-20,31H,7,12,17,21,38H2,1H3/t31?,35-/m0/s1. The average Bonchev–Trinajstić information content (AvgIpc) is 3.73. The largest absolute Gasteiger partial charge is 0.419 e. The number of rotatable bonds is 7. The summed E-state index contributed by atoms with van der Waals surface area (Å²) in [7, 11) is 0. The summed E-state index contributed by atoms with van der Waals surface area (Å²) in [5, 5.41) is 18.4. The predicted molar refractivity (Wildman–Crippen MR) is 161 cm³/mol. The van der Waals surface area contributed by atoms with Crippen molar-refractivity contribution in [2.75, 3.05) is 6.54 Å². The fourth-order valence-corrected chi connectivity index (χ4v) is 5.74. The van der Waals surface area contributed by atoms with Gasteiger partial charge in [0.15, 0.2) is 0 Å². The van der Waals surface area contributed by atoms with Crippen LogP contribution in [0.1, 0.15) is 58.7 Å². The molecule has 0 bridgehead atoms. The Balaban J connectivity index is 1.40. The number of nitriles is 1. The average molecular weight is 572 g/mol. The van der Waals surface area contributed by atoms with Crippen molar-refractivity contribution in [3.63, 3.8) is 0 Å². The molecule has 1 unspecified atom stereocenters. The molecule has 2 heterocycles. The Morgan fingerprint density at radius 2 is 1.74 bits per heavy atom. The van der Waals surface area contributed by atoms with E-state index in [9.17, 15) is 14.4 Å². The number of hydrogen-bond acceptors (Lipinski definition) is 6. The van der Waals surface area contributed by atoms with Gasteiger partial charge in [0, 0.05) is 17.7 Å². The lowest BCUT2D eigenvalue weighted by atomic mass is 9.94. The van der Waals surface area contributed by atoms with Gasteiger partial charge in [-0.1, -0.05) is 60.7 Å². The second-order valence-electron chi connectivity index (χ2n) is 11.2. The fourth-order valence-electron chi connectivity index (χ4n) is 5.74. The molecule has 43 heavy (non-hydrogen) atoms. The quantitative estimate of drug-likeness (QED) is 0.230. The van der Waals surface area contributed by atoms with Crippen LogP contribution in [0.3, 0.4) is 0 Å². The molecule has 2 atom stereocenters. The first-order valence-corrected chi connectivity index (χ1v) is 14.2. The molecule has 214 valence electrons. The van der Waals surface area contributed by atoms with Crippen LogP contribution in [0, 0.1) is 17.1 Å². The Bertz CT molecular complexity index is 1810. The SMILES string of the molecule is C[C@](N)(Cc1ccccc1)c1nnc(-c2cc(C(=O)N3CCCC3c3ccc(F)cc3)cc(-c3ccccc3C#N)c2)o1. The molecule has 0 saturated carbocycles. The van der Waals surface area contributed by atoms with Crippen LogP contribution in [0.25, 0.3) is 22.6 Å². The Hall–Kier alpha value is -5.13. The number of halogens is 1. The zero-order valence-electron chi connectivity index (χ0n) is 23.7. The molecule has 0 spiro atoms. The van der Waals surface area contributed by atoms with Crippen LogP contribution in [0.5, 0.6) is 0 Å². The summed E-state index contributed by atoms with van der Waals surface area (Å²) in [5.41, 5.74) is 10.5. The van der Waals surface area contributed by atoms with Crippen molar-refractivity contribution in [2.24, 2.45) is 5.73 Å². The minimum atomic E-state index is -0.922. The highest BCUT2D eigenvalue weighted by Gasteiger charge is 2.32. The van der Waals surface area contributed by atoms with Crippen molar-refractivity contribution in [3.05, 3.63) is 131 Å². The maximum atomic E-state index is 14.1. The molecule has 0 aliphatic carbocycles. The molecule has 8 heteroatoms. The molecule has 4 aromatic carbocycles. The minimum absolute atomic E-state index is 0.169. The highest BCUT2D eigenvalue weighted by Crippen LogP contribution is 2.36. The van der Waals surface area contributed by atoms with E-state index in [1.807, 2.05) is 60.4 Å². The van der Waals surface area contributed by atoms with Gasteiger partial charge >= 0.3 is 0 Å². The van der Waals surface area contributed by atoms with Crippen molar-refractivity contribution < 1.29 is 13.6 Å². The van der Waals surface area contributed by atoms with Gasteiger partial charge in [-0.2, -0.15) is 5.26 Å². The number of amides is 1. The van der Waals surface area contributed by atoms with Crippen LogP contribution in [0.4, 0.5) is 4.39 Å². The number of nitrogens with two attached hydrogens (primary N) is 1. The fraction of sp³-hybridized carbons (Fsp3) is 0.200. The number of nitrogens with zero attached hydrogens (tertiary/aromatic N) is 4. The van der Waals surface area contributed by atoms with E-state index < -0.39 is 5.54 Å². The van der Waals surface area contributed by atoms with Gasteiger partial charge in [0.25, 0.3) is 5.91 Å². The van der Waals surface area contributed by atoms with Crippen LogP contribution in [-0.4, -0.2) is 27.5 Å². The van der Waals surface area contributed by atoms with Gasteiger partial charge in [0.05, 0.1) is 23.2 Å². The second-order valence-corrected chi connectivity index (χ2v) is 11.2. The van der Waals surface area contributed by atoms with E-state index in [-0.39, 0.29) is 29.5 Å². The molecule has 7 nitrogen and oxygen atoms in total. The second kappa shape index (κ2) is 11.6. The summed E-state index contributed by atoms with van der Waals surface area (Å²) in [6.07, 6.45) is 2.11. The Kier molecular flexibility index (Phi) is 7.58. The lowest BCUT2D eigenvalue weighted by molar-refractivity contribution is 0.0735. The summed E-state index contributed by atoms with van der Waals surface area (Å²) < 4.78 is 19.8. The first-order chi connectivity index (χ1) is 20.8. The molecule has 6 rings (SSSR count). The number of carbonyl (C=O) groups is 1. The maximum absolute atomic E-state index is 14.1. The van der Waals surface area contributed by atoms with Crippen LogP contribution in [0.2, 0.25) is 0 Å². The summed E-state index contributed by atoms with van der Waals surface area (Å²) in [5.74, 6) is 0.0146. The van der Waals surface area contributed by atoms with E-state index in [4.69, 9.17) is 10.2 Å². The van der Waals surface area contributed by atoms with Crippen molar-refractivity contribution in [1.82, 2.24) is 15.1 Å². The minimum Gasteiger partial charge on any atom is -0.419 e. The molecular formula is C35H30FN5O2. The number of carbonyl (C=O) groups excluding carboxylic acids is 1. The number of hydrogen-bond donors (Lipinski definition) is 1. The van der Waals surface area contributed by atoms with E-state index in [0.717, 1.165) is 24.0 Å². The van der Waals surface area contributed by atoms with Gasteiger partial charge < -0.3 is 15.1 Å². The monoisotopic (exact) mass is 571 g/mol. The van der Waals surface area contributed by atoms with Crippen LogP contribution < -0.4 is 5.73 Å². The third-order valence-electron chi connectivity index (χ3n) is 7.88. The van der Waals surface area contributed by atoms with Crippen molar-refractivity contribution in [3.8, 4) is 28.7 Å². The molecule has 1 amide bonds. The van der Waals surface area contributed by atoms with Crippen LogP contribution >= 0.6 is 0 Å². The summed E-state index contributed by atoms with van der Waals surface area (Å²) in [6.45, 7) is 2.42. The third kappa shape index (κ3) is 5.81. The van der Waals surface area contributed by atoms with E-state index in [0.29, 0.717) is 40.8 Å². The predicted octanol–water partition coefficient (Wildman–Crippen LogP) is 6.81. The zero-order chi connectivity index (χ0) is 30.0. The topological polar surface area (TPSA) is 109 Å². The van der Waals surface area contributed by atoms with Gasteiger partial charge in [0.1, 0.15) is 5.82 Å². The number of likely N-dealkylation sites (tertiary alicyclic amines) is 1. The lowest BCUT2D eigenvalue weighted by Gasteiger charge is -2.25. The highest BCUT2D eigenvalue weighted by atomic mass is 19.1. The molecule has 2 N–H and O–H groups in total. The number of aromatic nitrogens is 2. The van der Waals surface area contributed by atoms with Crippen molar-refractivity contribution in [2.45, 2.75) is 37.8 Å². The normalized spacial score (nSPS) is 16.0. The maximum Gasteiger partial charge on any atom is 0.254 e. The van der Waals surface area contributed by atoms with Crippen molar-refractivity contribution >= 4 is 5.91 Å². The molecule has 1 aromatic heterocycles. The Morgan fingerprint density at radius 3 is 2.51 bits per heavy atom.